The topological polar surface area (TPSA) is 71.9 Å². The van der Waals surface area contributed by atoms with Crippen LogP contribution in [-0.4, -0.2) is 52.5 Å². The third kappa shape index (κ3) is 5.58. The van der Waals surface area contributed by atoms with Gasteiger partial charge in [0.05, 0.1) is 12.2 Å². The molecule has 0 spiro atoms. The molecule has 3 rings (SSSR count). The van der Waals surface area contributed by atoms with E-state index in [9.17, 15) is 4.79 Å². The number of ether oxygens (including phenoxy) is 2. The first-order valence-corrected chi connectivity index (χ1v) is 10.1. The molecule has 150 valence electrons. The number of pyridine rings is 1. The van der Waals surface area contributed by atoms with Crippen LogP contribution in [0.3, 0.4) is 0 Å². The van der Waals surface area contributed by atoms with Crippen LogP contribution in [0, 0.1) is 5.92 Å². The monoisotopic (exact) mass is 376 g/mol. The molecular weight excluding hydrogens is 344 g/mol. The van der Waals surface area contributed by atoms with Crippen molar-refractivity contribution in [2.24, 2.45) is 5.92 Å². The van der Waals surface area contributed by atoms with Crippen LogP contribution >= 0.6 is 0 Å². The van der Waals surface area contributed by atoms with Gasteiger partial charge in [-0.25, -0.2) is 4.79 Å². The molecule has 2 fully saturated rings. The number of hydrogen-bond donors (Lipinski definition) is 1. The number of unbranched alkanes of at least 4 members (excludes halogenated alkanes) is 1. The summed E-state index contributed by atoms with van der Waals surface area (Å²) in [6.07, 6.45) is 8.68. The summed E-state index contributed by atoms with van der Waals surface area (Å²) in [5, 5.41) is 8.90. The Labute approximate surface area is 161 Å². The van der Waals surface area contributed by atoms with Gasteiger partial charge < -0.3 is 19.5 Å². The second-order valence-corrected chi connectivity index (χ2v) is 8.70. The zero-order valence-electron chi connectivity index (χ0n) is 16.7. The predicted octanol–water partition coefficient (Wildman–Crippen LogP) is 3.74. The van der Waals surface area contributed by atoms with Gasteiger partial charge in [-0.3, -0.25) is 4.98 Å². The summed E-state index contributed by atoms with van der Waals surface area (Å²) in [5.41, 5.74) is 0.757. The molecule has 0 aromatic carbocycles. The second kappa shape index (κ2) is 8.46. The van der Waals surface area contributed by atoms with E-state index in [2.05, 4.69) is 11.1 Å². The first-order valence-electron chi connectivity index (χ1n) is 10.1. The fourth-order valence-electron chi connectivity index (χ4n) is 3.58. The average Bonchev–Trinajstić information content (AvgIpc) is 3.32. The number of aliphatic hydroxyl groups is 1. The Bertz CT molecular complexity index is 643. The smallest absolute Gasteiger partial charge is 0.410 e. The van der Waals surface area contributed by atoms with Crippen molar-refractivity contribution in [2.75, 3.05) is 19.8 Å². The summed E-state index contributed by atoms with van der Waals surface area (Å²) in [6, 6.07) is 2.15. The first-order chi connectivity index (χ1) is 12.9. The maximum atomic E-state index is 12.2. The Morgan fingerprint density at radius 3 is 2.81 bits per heavy atom. The van der Waals surface area contributed by atoms with Gasteiger partial charge in [0.15, 0.2) is 0 Å². The molecule has 6 heteroatoms. The lowest BCUT2D eigenvalue weighted by Gasteiger charge is -2.40. The highest BCUT2D eigenvalue weighted by atomic mass is 16.6. The van der Waals surface area contributed by atoms with E-state index in [0.717, 1.165) is 31.6 Å². The average molecular weight is 376 g/mol. The lowest BCUT2D eigenvalue weighted by Crippen LogP contribution is -2.55. The van der Waals surface area contributed by atoms with E-state index in [4.69, 9.17) is 14.6 Å². The van der Waals surface area contributed by atoms with Crippen LogP contribution in [0.5, 0.6) is 5.75 Å². The number of carbonyl (C=O) groups excluding carboxylic acids is 1. The maximum absolute atomic E-state index is 12.2. The number of nitrogens with zero attached hydrogens (tertiary/aromatic N) is 2. The predicted molar refractivity (Wildman–Crippen MR) is 103 cm³/mol. The van der Waals surface area contributed by atoms with Gasteiger partial charge in [0.2, 0.25) is 0 Å². The van der Waals surface area contributed by atoms with Gasteiger partial charge in [-0.05, 0) is 69.9 Å². The number of aliphatic hydroxyl groups excluding tert-OH is 1. The number of hydrogen-bond acceptors (Lipinski definition) is 5. The van der Waals surface area contributed by atoms with E-state index in [1.165, 1.54) is 18.4 Å². The van der Waals surface area contributed by atoms with Gasteiger partial charge in [0.25, 0.3) is 0 Å². The third-order valence-electron chi connectivity index (χ3n) is 5.28. The molecule has 0 unspecified atom stereocenters. The van der Waals surface area contributed by atoms with Crippen LogP contribution in [-0.2, 0) is 4.74 Å². The maximum Gasteiger partial charge on any atom is 0.410 e. The minimum absolute atomic E-state index is 0.0654. The molecule has 1 aliphatic heterocycles. The van der Waals surface area contributed by atoms with E-state index >= 15 is 0 Å². The van der Waals surface area contributed by atoms with E-state index in [1.54, 1.807) is 11.1 Å². The number of likely N-dealkylation sites (tertiary alicyclic amines) is 1. The summed E-state index contributed by atoms with van der Waals surface area (Å²) in [7, 11) is 0. The number of aromatic nitrogens is 1. The van der Waals surface area contributed by atoms with E-state index in [1.807, 2.05) is 27.0 Å². The molecule has 2 aliphatic rings. The SMILES string of the molecule is CC(C)(C)OC(=O)N1CC[C@H]1COc1cncc([C@H]2C[C@H]2CCCCO)c1. The standard InChI is InChI=1S/C21H32N2O4/c1-21(2,3)27-20(25)23-8-7-17(23)14-26-18-10-16(12-22-13-18)19-11-15(19)6-4-5-9-24/h10,12-13,15,17,19,24H,4-9,11,14H2,1-3H3/t15-,17+,19+/m1/s1. The number of carbonyl (C=O) groups is 1. The van der Waals surface area contributed by atoms with Crippen molar-refractivity contribution in [1.82, 2.24) is 9.88 Å². The second-order valence-electron chi connectivity index (χ2n) is 8.70. The van der Waals surface area contributed by atoms with Crippen molar-refractivity contribution < 1.29 is 19.4 Å². The third-order valence-corrected chi connectivity index (χ3v) is 5.28. The van der Waals surface area contributed by atoms with Crippen molar-refractivity contribution in [3.8, 4) is 5.75 Å². The van der Waals surface area contributed by atoms with Crippen LogP contribution in [0.4, 0.5) is 4.79 Å². The van der Waals surface area contributed by atoms with Crippen molar-refractivity contribution in [1.29, 1.82) is 0 Å². The summed E-state index contributed by atoms with van der Waals surface area (Å²) in [5.74, 6) is 2.05. The summed E-state index contributed by atoms with van der Waals surface area (Å²) >= 11 is 0. The zero-order chi connectivity index (χ0) is 19.4. The summed E-state index contributed by atoms with van der Waals surface area (Å²) < 4.78 is 11.4. The Balaban J connectivity index is 1.46. The quantitative estimate of drug-likeness (QED) is 0.700. The molecule has 0 radical (unpaired) electrons. The van der Waals surface area contributed by atoms with E-state index < -0.39 is 5.60 Å². The van der Waals surface area contributed by atoms with E-state index in [-0.39, 0.29) is 18.7 Å². The Hall–Kier alpha value is -1.82. The Morgan fingerprint density at radius 2 is 2.15 bits per heavy atom. The molecule has 1 N–H and O–H groups in total. The lowest BCUT2D eigenvalue weighted by molar-refractivity contribution is -0.0141. The molecule has 0 bridgehead atoms. The van der Waals surface area contributed by atoms with Crippen molar-refractivity contribution in [2.45, 2.75) is 70.4 Å². The normalized spacial score (nSPS) is 24.3. The molecule has 6 nitrogen and oxygen atoms in total. The van der Waals surface area contributed by atoms with Crippen LogP contribution in [0.1, 0.15) is 64.4 Å². The van der Waals surface area contributed by atoms with Crippen molar-refractivity contribution in [3.63, 3.8) is 0 Å². The molecule has 3 atom stereocenters. The molecule has 1 aromatic heterocycles. The van der Waals surface area contributed by atoms with E-state index in [0.29, 0.717) is 18.4 Å². The fourth-order valence-corrected chi connectivity index (χ4v) is 3.58. The minimum Gasteiger partial charge on any atom is -0.490 e. The molecule has 1 saturated carbocycles. The molecule has 1 saturated heterocycles. The van der Waals surface area contributed by atoms with Crippen LogP contribution in [0.2, 0.25) is 0 Å². The highest BCUT2D eigenvalue weighted by Crippen LogP contribution is 2.50. The summed E-state index contributed by atoms with van der Waals surface area (Å²) in [4.78, 5) is 18.2. The van der Waals surface area contributed by atoms with Gasteiger partial charge in [0, 0.05) is 19.3 Å². The fraction of sp³-hybridized carbons (Fsp3) is 0.714. The van der Waals surface area contributed by atoms with Gasteiger partial charge in [-0.1, -0.05) is 6.42 Å². The highest BCUT2D eigenvalue weighted by molar-refractivity contribution is 5.69. The Morgan fingerprint density at radius 1 is 1.33 bits per heavy atom. The zero-order valence-corrected chi connectivity index (χ0v) is 16.7. The van der Waals surface area contributed by atoms with Gasteiger partial charge in [-0.2, -0.15) is 0 Å². The largest absolute Gasteiger partial charge is 0.490 e. The molecule has 27 heavy (non-hydrogen) atoms. The van der Waals surface area contributed by atoms with Crippen LogP contribution in [0.15, 0.2) is 18.5 Å². The van der Waals surface area contributed by atoms with Crippen LogP contribution < -0.4 is 4.74 Å². The minimum atomic E-state index is -0.478. The molecule has 1 aromatic rings. The molecule has 1 aliphatic carbocycles. The molecular formula is C21H32N2O4. The highest BCUT2D eigenvalue weighted by Gasteiger charge is 2.38. The van der Waals surface area contributed by atoms with Crippen molar-refractivity contribution in [3.05, 3.63) is 24.0 Å². The van der Waals surface area contributed by atoms with Gasteiger partial charge in [0.1, 0.15) is 18.0 Å². The molecule has 1 amide bonds. The van der Waals surface area contributed by atoms with Crippen molar-refractivity contribution >= 4 is 6.09 Å². The summed E-state index contributed by atoms with van der Waals surface area (Å²) in [6.45, 7) is 7.10. The van der Waals surface area contributed by atoms with Crippen LogP contribution in [0.25, 0.3) is 0 Å². The van der Waals surface area contributed by atoms with Gasteiger partial charge >= 0.3 is 6.09 Å². The number of rotatable bonds is 8. The van der Waals surface area contributed by atoms with Gasteiger partial charge in [-0.15, -0.1) is 0 Å². The lowest BCUT2D eigenvalue weighted by atomic mass is 10.1. The molecule has 2 heterocycles. The Kier molecular flexibility index (Phi) is 6.25. The first kappa shape index (κ1) is 19.9. The number of amides is 1.